The fourth-order valence-electron chi connectivity index (χ4n) is 3.17. The van der Waals surface area contributed by atoms with E-state index in [2.05, 4.69) is 20.7 Å². The minimum atomic E-state index is -0.447. The Hall–Kier alpha value is -3.91. The number of aromatic hydroxyl groups is 1. The zero-order valence-electron chi connectivity index (χ0n) is 18.9. The van der Waals surface area contributed by atoms with Gasteiger partial charge in [-0.25, -0.2) is 5.43 Å². The van der Waals surface area contributed by atoms with Gasteiger partial charge in [0.1, 0.15) is 11.5 Å². The predicted molar refractivity (Wildman–Crippen MR) is 129 cm³/mol. The minimum absolute atomic E-state index is 0.0914. The van der Waals surface area contributed by atoms with Gasteiger partial charge in [0.25, 0.3) is 5.91 Å². The number of hydrazone groups is 1. The van der Waals surface area contributed by atoms with Crippen molar-refractivity contribution >= 4 is 34.5 Å². The topological polar surface area (TPSA) is 110 Å². The number of nitrogens with zero attached hydrogens (tertiary/aromatic N) is 3. The van der Waals surface area contributed by atoms with E-state index in [4.69, 9.17) is 20.9 Å². The fourth-order valence-corrected chi connectivity index (χ4v) is 3.35. The zero-order chi connectivity index (χ0) is 24.3. The average Bonchev–Trinajstić information content (AvgIpc) is 3.30. The van der Waals surface area contributed by atoms with E-state index in [1.807, 2.05) is 57.2 Å². The van der Waals surface area contributed by atoms with Crippen molar-refractivity contribution in [1.82, 2.24) is 15.6 Å². The highest BCUT2D eigenvalue weighted by Gasteiger charge is 2.22. The summed E-state index contributed by atoms with van der Waals surface area (Å²) in [6.07, 6.45) is 1.56. The first-order chi connectivity index (χ1) is 16.2. The number of carbonyl (C=O) groups excluding carboxylic acids is 1. The van der Waals surface area contributed by atoms with Crippen LogP contribution in [0, 0.1) is 0 Å². The molecule has 0 spiro atoms. The third-order valence-corrected chi connectivity index (χ3v) is 5.27. The van der Waals surface area contributed by atoms with Crippen molar-refractivity contribution in [3.63, 3.8) is 0 Å². The van der Waals surface area contributed by atoms with E-state index in [9.17, 15) is 9.90 Å². The normalized spacial score (nSPS) is 11.8. The highest BCUT2D eigenvalue weighted by Crippen LogP contribution is 2.29. The molecular formula is C25H23ClN4O4. The maximum absolute atomic E-state index is 12.3. The lowest BCUT2D eigenvalue weighted by atomic mass is 9.97. The summed E-state index contributed by atoms with van der Waals surface area (Å²) in [4.78, 5) is 16.7. The van der Waals surface area contributed by atoms with Crippen molar-refractivity contribution in [2.75, 3.05) is 0 Å². The second kappa shape index (κ2) is 9.52. The molecule has 1 heterocycles. The van der Waals surface area contributed by atoms with Gasteiger partial charge in [-0.2, -0.15) is 10.1 Å². The first-order valence-electron chi connectivity index (χ1n) is 10.5. The van der Waals surface area contributed by atoms with Gasteiger partial charge in [-0.15, -0.1) is 0 Å². The third-order valence-electron chi connectivity index (χ3n) is 4.96. The molecule has 0 saturated heterocycles. The molecule has 0 unspecified atom stereocenters. The van der Waals surface area contributed by atoms with Crippen LogP contribution < -0.4 is 10.2 Å². The smallest absolute Gasteiger partial charge is 0.271 e. The Morgan fingerprint density at radius 1 is 1.18 bits per heavy atom. The van der Waals surface area contributed by atoms with Crippen LogP contribution in [0.1, 0.15) is 48.4 Å². The number of phenols is 1. The van der Waals surface area contributed by atoms with Crippen molar-refractivity contribution in [1.29, 1.82) is 0 Å². The van der Waals surface area contributed by atoms with E-state index in [1.54, 1.807) is 6.21 Å². The minimum Gasteiger partial charge on any atom is -0.506 e. The number of hydrogen-bond acceptors (Lipinski definition) is 7. The van der Waals surface area contributed by atoms with Crippen molar-refractivity contribution in [3.05, 3.63) is 82.5 Å². The molecule has 0 aliphatic heterocycles. The quantitative estimate of drug-likeness (QED) is 0.290. The average molecular weight is 479 g/mol. The molecule has 0 bridgehead atoms. The first-order valence-corrected chi connectivity index (χ1v) is 10.9. The lowest BCUT2D eigenvalue weighted by Gasteiger charge is -2.11. The maximum Gasteiger partial charge on any atom is 0.271 e. The molecule has 0 saturated carbocycles. The molecule has 4 rings (SSSR count). The number of benzene rings is 3. The number of hydrogen-bond donors (Lipinski definition) is 2. The molecule has 3 aromatic carbocycles. The molecule has 1 amide bonds. The van der Waals surface area contributed by atoms with Crippen LogP contribution in [-0.4, -0.2) is 27.4 Å². The number of phenolic OH excluding ortho intramolecular Hbond substituents is 1. The lowest BCUT2D eigenvalue weighted by Crippen LogP contribution is -2.17. The summed E-state index contributed by atoms with van der Waals surface area (Å²) in [5.74, 6) is 1.15. The molecule has 8 nitrogen and oxygen atoms in total. The van der Waals surface area contributed by atoms with E-state index >= 15 is 0 Å². The van der Waals surface area contributed by atoms with Gasteiger partial charge < -0.3 is 14.4 Å². The van der Waals surface area contributed by atoms with Crippen LogP contribution in [0.5, 0.6) is 11.5 Å². The van der Waals surface area contributed by atoms with Gasteiger partial charge in [0, 0.05) is 21.9 Å². The number of amides is 1. The number of halogens is 1. The number of aromatic nitrogens is 2. The first kappa shape index (κ1) is 23.3. The lowest BCUT2D eigenvalue weighted by molar-refractivity contribution is 0.0955. The van der Waals surface area contributed by atoms with Crippen LogP contribution in [0.3, 0.4) is 0 Å². The highest BCUT2D eigenvalue weighted by molar-refractivity contribution is 6.32. The molecule has 2 N–H and O–H groups in total. The van der Waals surface area contributed by atoms with Gasteiger partial charge in [0.15, 0.2) is 6.61 Å². The molecule has 1 aromatic heterocycles. The highest BCUT2D eigenvalue weighted by atomic mass is 35.5. The number of fused-ring (bicyclic) bond motifs is 1. The summed E-state index contributed by atoms with van der Waals surface area (Å²) in [6.45, 7) is 6.17. The summed E-state index contributed by atoms with van der Waals surface area (Å²) in [7, 11) is 0. The summed E-state index contributed by atoms with van der Waals surface area (Å²) < 4.78 is 11.3. The SMILES string of the molecule is CC(C)(C)c1nc(COc2ccc(/C=N/NC(=O)c3ccc(O)c(Cl)c3)c3ccccc23)no1. The molecule has 0 aliphatic rings. The van der Waals surface area contributed by atoms with E-state index < -0.39 is 5.91 Å². The Kier molecular flexibility index (Phi) is 6.51. The second-order valence-corrected chi connectivity index (χ2v) is 9.03. The molecule has 4 aromatic rings. The molecule has 34 heavy (non-hydrogen) atoms. The summed E-state index contributed by atoms with van der Waals surface area (Å²) in [5.41, 5.74) is 3.31. The zero-order valence-corrected chi connectivity index (χ0v) is 19.6. The van der Waals surface area contributed by atoms with Gasteiger partial charge in [-0.05, 0) is 35.7 Å². The van der Waals surface area contributed by atoms with Gasteiger partial charge in [0.2, 0.25) is 11.7 Å². The standard InChI is InChI=1S/C25H23ClN4O4/c1-25(2,3)24-28-22(30-34-24)14-33-21-11-9-16(17-6-4-5-7-18(17)21)13-27-29-23(32)15-8-10-20(31)19(26)12-15/h4-13,31H,14H2,1-3H3,(H,29,32)/b27-13+. The van der Waals surface area contributed by atoms with Crippen LogP contribution in [0.15, 0.2) is 64.2 Å². The molecule has 174 valence electrons. The number of carbonyl (C=O) groups is 1. The van der Waals surface area contributed by atoms with Crippen LogP contribution in [0.2, 0.25) is 5.02 Å². The van der Waals surface area contributed by atoms with E-state index in [-0.39, 0.29) is 28.4 Å². The monoisotopic (exact) mass is 478 g/mol. The van der Waals surface area contributed by atoms with Crippen molar-refractivity contribution < 1.29 is 19.2 Å². The Labute approximate surface area is 201 Å². The van der Waals surface area contributed by atoms with Gasteiger partial charge in [-0.1, -0.05) is 61.8 Å². The Balaban J connectivity index is 1.49. The van der Waals surface area contributed by atoms with Crippen molar-refractivity contribution in [2.45, 2.75) is 32.8 Å². The predicted octanol–water partition coefficient (Wildman–Crippen LogP) is 5.22. The van der Waals surface area contributed by atoms with E-state index in [1.165, 1.54) is 18.2 Å². The Morgan fingerprint density at radius 3 is 2.65 bits per heavy atom. The number of rotatable bonds is 6. The van der Waals surface area contributed by atoms with E-state index in [0.29, 0.717) is 17.5 Å². The summed E-state index contributed by atoms with van der Waals surface area (Å²) >= 11 is 5.86. The van der Waals surface area contributed by atoms with Gasteiger partial charge in [-0.3, -0.25) is 4.79 Å². The molecule has 0 atom stereocenters. The van der Waals surface area contributed by atoms with E-state index in [0.717, 1.165) is 16.3 Å². The molecule has 9 heteroatoms. The van der Waals surface area contributed by atoms with Crippen LogP contribution >= 0.6 is 11.6 Å². The fraction of sp³-hybridized carbons (Fsp3) is 0.200. The Bertz CT molecular complexity index is 1380. The molecule has 0 fully saturated rings. The molecule has 0 radical (unpaired) electrons. The molecular weight excluding hydrogens is 456 g/mol. The summed E-state index contributed by atoms with van der Waals surface area (Å²) in [5, 5.41) is 19.4. The van der Waals surface area contributed by atoms with Crippen molar-refractivity contribution in [2.24, 2.45) is 5.10 Å². The van der Waals surface area contributed by atoms with Crippen LogP contribution in [0.25, 0.3) is 10.8 Å². The van der Waals surface area contributed by atoms with Crippen LogP contribution in [0.4, 0.5) is 0 Å². The van der Waals surface area contributed by atoms with Crippen LogP contribution in [-0.2, 0) is 12.0 Å². The number of ether oxygens (including phenoxy) is 1. The summed E-state index contributed by atoms with van der Waals surface area (Å²) in [6, 6.07) is 15.6. The third kappa shape index (κ3) is 5.18. The van der Waals surface area contributed by atoms with Crippen molar-refractivity contribution in [3.8, 4) is 11.5 Å². The van der Waals surface area contributed by atoms with Gasteiger partial charge in [0.05, 0.1) is 11.2 Å². The largest absolute Gasteiger partial charge is 0.506 e. The van der Waals surface area contributed by atoms with Gasteiger partial charge >= 0.3 is 0 Å². The number of nitrogens with one attached hydrogen (secondary N) is 1. The Morgan fingerprint density at radius 2 is 1.94 bits per heavy atom. The second-order valence-electron chi connectivity index (χ2n) is 8.62. The maximum atomic E-state index is 12.3. The molecule has 0 aliphatic carbocycles.